The summed E-state index contributed by atoms with van der Waals surface area (Å²) in [6.07, 6.45) is 8.53. The van der Waals surface area contributed by atoms with Crippen molar-refractivity contribution in [2.45, 2.75) is 26.3 Å². The van der Waals surface area contributed by atoms with Gasteiger partial charge in [0.2, 0.25) is 0 Å². The highest BCUT2D eigenvalue weighted by Crippen LogP contribution is 2.21. The average molecular weight is 267 g/mol. The molecule has 0 fully saturated rings. The van der Waals surface area contributed by atoms with Crippen molar-refractivity contribution in [2.24, 2.45) is 0 Å². The topological polar surface area (TPSA) is 29.9 Å². The minimum atomic E-state index is 1.01. The molecule has 0 spiro atoms. The van der Waals surface area contributed by atoms with Gasteiger partial charge >= 0.3 is 0 Å². The Hall–Kier alpha value is -1.87. The van der Waals surface area contributed by atoms with Gasteiger partial charge in [0.25, 0.3) is 0 Å². The van der Waals surface area contributed by atoms with E-state index < -0.39 is 0 Å². The molecule has 1 aliphatic heterocycles. The Morgan fingerprint density at radius 3 is 3.10 bits per heavy atom. The second-order valence-electron chi connectivity index (χ2n) is 5.41. The maximum atomic E-state index is 4.32. The van der Waals surface area contributed by atoms with Crippen LogP contribution in [0.1, 0.15) is 18.4 Å². The number of aromatic nitrogens is 2. The molecular weight excluding hydrogens is 246 g/mol. The number of nitrogens with zero attached hydrogens (tertiary/aromatic N) is 2. The lowest BCUT2D eigenvalue weighted by Gasteiger charge is -2.15. The first-order chi connectivity index (χ1) is 9.83. The molecule has 0 atom stereocenters. The van der Waals surface area contributed by atoms with Crippen LogP contribution in [0.4, 0.5) is 0 Å². The number of imidazole rings is 1. The number of aryl methyl sites for hydroxylation is 2. The largest absolute Gasteiger partial charge is 0.330 e. The summed E-state index contributed by atoms with van der Waals surface area (Å²) in [6, 6.07) is 8.61. The lowest BCUT2D eigenvalue weighted by Crippen LogP contribution is -2.21. The Kier molecular flexibility index (Phi) is 3.97. The van der Waals surface area contributed by atoms with Gasteiger partial charge in [-0.05, 0) is 32.4 Å². The van der Waals surface area contributed by atoms with E-state index >= 15 is 0 Å². The van der Waals surface area contributed by atoms with Gasteiger partial charge in [-0.25, -0.2) is 4.98 Å². The molecule has 1 aromatic carbocycles. The van der Waals surface area contributed by atoms with Gasteiger partial charge in [-0.1, -0.05) is 35.4 Å². The van der Waals surface area contributed by atoms with Crippen molar-refractivity contribution >= 4 is 0 Å². The Bertz CT molecular complexity index is 610. The van der Waals surface area contributed by atoms with Crippen molar-refractivity contribution < 1.29 is 0 Å². The third-order valence-corrected chi connectivity index (χ3v) is 3.86. The fourth-order valence-electron chi connectivity index (χ4n) is 2.70. The monoisotopic (exact) mass is 267 g/mol. The first-order valence-corrected chi connectivity index (χ1v) is 7.29. The Morgan fingerprint density at radius 2 is 2.30 bits per heavy atom. The highest BCUT2D eigenvalue weighted by molar-refractivity contribution is 5.59. The van der Waals surface area contributed by atoms with Crippen LogP contribution in [0.25, 0.3) is 11.3 Å². The molecular formula is C17H21N3. The zero-order chi connectivity index (χ0) is 13.8. The van der Waals surface area contributed by atoms with Crippen molar-refractivity contribution in [3.63, 3.8) is 0 Å². The maximum Gasteiger partial charge on any atom is 0.0951 e. The summed E-state index contributed by atoms with van der Waals surface area (Å²) in [7, 11) is 0. The van der Waals surface area contributed by atoms with Gasteiger partial charge in [0.1, 0.15) is 0 Å². The second-order valence-corrected chi connectivity index (χ2v) is 5.41. The molecule has 3 nitrogen and oxygen atoms in total. The van der Waals surface area contributed by atoms with Crippen molar-refractivity contribution in [2.75, 3.05) is 13.1 Å². The Labute approximate surface area is 120 Å². The lowest BCUT2D eigenvalue weighted by atomic mass is 10.1. The van der Waals surface area contributed by atoms with Gasteiger partial charge in [0, 0.05) is 18.7 Å². The van der Waals surface area contributed by atoms with Crippen LogP contribution in [0.3, 0.4) is 0 Å². The van der Waals surface area contributed by atoms with Gasteiger partial charge in [-0.15, -0.1) is 0 Å². The summed E-state index contributed by atoms with van der Waals surface area (Å²) in [4.78, 5) is 4.32. The first-order valence-electron chi connectivity index (χ1n) is 7.29. The summed E-state index contributed by atoms with van der Waals surface area (Å²) < 4.78 is 2.26. The van der Waals surface area contributed by atoms with Gasteiger partial charge in [-0.2, -0.15) is 0 Å². The minimum absolute atomic E-state index is 1.01. The van der Waals surface area contributed by atoms with Crippen LogP contribution in [0, 0.1) is 6.92 Å². The van der Waals surface area contributed by atoms with Gasteiger partial charge in [0.15, 0.2) is 0 Å². The number of nitrogens with one attached hydrogen (secondary N) is 1. The van der Waals surface area contributed by atoms with Crippen LogP contribution in [-0.2, 0) is 6.54 Å². The maximum absolute atomic E-state index is 4.32. The van der Waals surface area contributed by atoms with E-state index in [1.165, 1.54) is 23.2 Å². The fourth-order valence-corrected chi connectivity index (χ4v) is 2.70. The van der Waals surface area contributed by atoms with Crippen molar-refractivity contribution in [1.29, 1.82) is 0 Å². The molecule has 0 radical (unpaired) electrons. The average Bonchev–Trinajstić information content (AvgIpc) is 2.95. The van der Waals surface area contributed by atoms with Crippen LogP contribution in [0.2, 0.25) is 0 Å². The third kappa shape index (κ3) is 2.99. The number of hydrogen-bond donors (Lipinski definition) is 1. The zero-order valence-corrected chi connectivity index (χ0v) is 12.0. The first kappa shape index (κ1) is 13.1. The summed E-state index contributed by atoms with van der Waals surface area (Å²) in [5, 5.41) is 3.36. The summed E-state index contributed by atoms with van der Waals surface area (Å²) in [6.45, 7) is 5.27. The van der Waals surface area contributed by atoms with E-state index in [-0.39, 0.29) is 0 Å². The standard InChI is InChI=1S/C17H21N3/c1-14-3-2-4-16(11-14)17-12-19-13-20(17)10-7-15-5-8-18-9-6-15/h2-5,11-13,18H,6-10H2,1H3. The molecule has 1 N–H and O–H groups in total. The molecule has 20 heavy (non-hydrogen) atoms. The molecule has 3 rings (SSSR count). The quantitative estimate of drug-likeness (QED) is 0.862. The molecule has 0 aliphatic carbocycles. The summed E-state index contributed by atoms with van der Waals surface area (Å²) in [5.74, 6) is 0. The molecule has 0 amide bonds. The van der Waals surface area contributed by atoms with Gasteiger partial charge in [-0.3, -0.25) is 0 Å². The third-order valence-electron chi connectivity index (χ3n) is 3.86. The lowest BCUT2D eigenvalue weighted by molar-refractivity contribution is 0.633. The van der Waals surface area contributed by atoms with Gasteiger partial charge < -0.3 is 9.88 Å². The minimum Gasteiger partial charge on any atom is -0.330 e. The van der Waals surface area contributed by atoms with Crippen LogP contribution >= 0.6 is 0 Å². The molecule has 1 aliphatic rings. The van der Waals surface area contributed by atoms with E-state index in [1.807, 2.05) is 12.5 Å². The molecule has 1 aromatic heterocycles. The Balaban J connectivity index is 1.75. The normalized spacial score (nSPS) is 15.2. The fraction of sp³-hybridized carbons (Fsp3) is 0.353. The predicted molar refractivity (Wildman–Crippen MR) is 82.6 cm³/mol. The summed E-state index contributed by atoms with van der Waals surface area (Å²) in [5.41, 5.74) is 5.31. The molecule has 104 valence electrons. The van der Waals surface area contributed by atoms with Crippen molar-refractivity contribution in [3.8, 4) is 11.3 Å². The Morgan fingerprint density at radius 1 is 1.35 bits per heavy atom. The van der Waals surface area contributed by atoms with E-state index in [4.69, 9.17) is 0 Å². The smallest absolute Gasteiger partial charge is 0.0951 e. The number of rotatable bonds is 4. The van der Waals surface area contributed by atoms with E-state index in [2.05, 4.69) is 52.1 Å². The van der Waals surface area contributed by atoms with Crippen LogP contribution < -0.4 is 5.32 Å². The molecule has 2 heterocycles. The zero-order valence-electron chi connectivity index (χ0n) is 12.0. The molecule has 0 bridgehead atoms. The highest BCUT2D eigenvalue weighted by atomic mass is 15.0. The molecule has 0 saturated heterocycles. The van der Waals surface area contributed by atoms with Crippen molar-refractivity contribution in [1.82, 2.24) is 14.9 Å². The van der Waals surface area contributed by atoms with E-state index in [1.54, 1.807) is 5.57 Å². The van der Waals surface area contributed by atoms with E-state index in [9.17, 15) is 0 Å². The SMILES string of the molecule is Cc1cccc(-c2cncn2CCC2=CCNCC2)c1. The predicted octanol–water partition coefficient (Wildman–Crippen LogP) is 3.17. The van der Waals surface area contributed by atoms with Crippen molar-refractivity contribution in [3.05, 3.63) is 54.0 Å². The van der Waals surface area contributed by atoms with E-state index in [0.717, 1.165) is 26.1 Å². The van der Waals surface area contributed by atoms with Crippen LogP contribution in [0.5, 0.6) is 0 Å². The molecule has 2 aromatic rings. The highest BCUT2D eigenvalue weighted by Gasteiger charge is 2.07. The molecule has 3 heteroatoms. The molecule has 0 unspecified atom stereocenters. The number of benzene rings is 1. The molecule has 0 saturated carbocycles. The summed E-state index contributed by atoms with van der Waals surface area (Å²) >= 11 is 0. The number of hydrogen-bond acceptors (Lipinski definition) is 2. The van der Waals surface area contributed by atoms with Crippen LogP contribution in [-0.4, -0.2) is 22.6 Å². The van der Waals surface area contributed by atoms with Gasteiger partial charge in [0.05, 0.1) is 18.2 Å². The van der Waals surface area contributed by atoms with E-state index in [0.29, 0.717) is 0 Å². The van der Waals surface area contributed by atoms with Crippen LogP contribution in [0.15, 0.2) is 48.4 Å². The second kappa shape index (κ2) is 6.06.